The maximum Gasteiger partial charge on any atom is 0.312 e. The van der Waals surface area contributed by atoms with Crippen LogP contribution in [0.25, 0.3) is 0 Å². The van der Waals surface area contributed by atoms with Crippen LogP contribution >= 0.6 is 22.6 Å². The molecule has 0 heterocycles. The number of nitrogens with one attached hydrogen (secondary N) is 2. The molecule has 0 unspecified atom stereocenters. The zero-order chi connectivity index (χ0) is 13.7. The van der Waals surface area contributed by atoms with Gasteiger partial charge in [-0.3, -0.25) is 4.79 Å². The number of rotatable bonds is 4. The Balaban J connectivity index is 2.72. The van der Waals surface area contributed by atoms with Crippen LogP contribution in [0.2, 0.25) is 0 Å². The summed E-state index contributed by atoms with van der Waals surface area (Å²) >= 11 is 2.18. The standard InChI is InChI=1S/C12H16IN3O2/c1-7(2)10(16-12(14)18)11(17)15-9-5-3-8(13)4-6-9/h3-7,10H,1-2H3,(H,15,17)(H3,14,16,18)/t10-/m0/s1. The monoisotopic (exact) mass is 361 g/mol. The Hall–Kier alpha value is -1.31. The van der Waals surface area contributed by atoms with Crippen molar-refractivity contribution >= 4 is 40.2 Å². The van der Waals surface area contributed by atoms with E-state index in [2.05, 4.69) is 33.2 Å². The molecular formula is C12H16IN3O2. The summed E-state index contributed by atoms with van der Waals surface area (Å²) in [6.07, 6.45) is 0. The van der Waals surface area contributed by atoms with Crippen LogP contribution in [-0.2, 0) is 4.79 Å². The van der Waals surface area contributed by atoms with Crippen molar-refractivity contribution in [3.63, 3.8) is 0 Å². The quantitative estimate of drug-likeness (QED) is 0.716. The molecular weight excluding hydrogens is 345 g/mol. The maximum absolute atomic E-state index is 12.0. The first-order valence-corrected chi connectivity index (χ1v) is 6.60. The van der Waals surface area contributed by atoms with E-state index in [9.17, 15) is 9.59 Å². The van der Waals surface area contributed by atoms with Gasteiger partial charge in [-0.15, -0.1) is 0 Å². The molecule has 0 aliphatic heterocycles. The Bertz CT molecular complexity index is 431. The molecule has 5 nitrogen and oxygen atoms in total. The highest BCUT2D eigenvalue weighted by Crippen LogP contribution is 2.12. The molecule has 1 aromatic rings. The van der Waals surface area contributed by atoms with Gasteiger partial charge < -0.3 is 16.4 Å². The number of carbonyl (C=O) groups is 2. The smallest absolute Gasteiger partial charge is 0.312 e. The average Bonchev–Trinajstić information content (AvgIpc) is 2.28. The normalized spacial score (nSPS) is 12.0. The highest BCUT2D eigenvalue weighted by Gasteiger charge is 2.23. The second kappa shape index (κ2) is 6.58. The molecule has 0 fully saturated rings. The fraction of sp³-hybridized carbons (Fsp3) is 0.333. The molecule has 4 N–H and O–H groups in total. The van der Waals surface area contributed by atoms with Crippen molar-refractivity contribution in [2.75, 3.05) is 5.32 Å². The summed E-state index contributed by atoms with van der Waals surface area (Å²) in [6, 6.07) is 6.06. The second-order valence-electron chi connectivity index (χ2n) is 4.23. The van der Waals surface area contributed by atoms with Crippen molar-refractivity contribution in [3.05, 3.63) is 27.8 Å². The number of benzene rings is 1. The molecule has 0 bridgehead atoms. The molecule has 18 heavy (non-hydrogen) atoms. The van der Waals surface area contributed by atoms with E-state index in [4.69, 9.17) is 5.73 Å². The van der Waals surface area contributed by atoms with Gasteiger partial charge in [0.25, 0.3) is 0 Å². The third-order valence-corrected chi connectivity index (χ3v) is 3.08. The molecule has 0 aliphatic carbocycles. The van der Waals surface area contributed by atoms with Gasteiger partial charge in [0.2, 0.25) is 5.91 Å². The Morgan fingerprint density at radius 3 is 2.22 bits per heavy atom. The van der Waals surface area contributed by atoms with Gasteiger partial charge in [0.05, 0.1) is 0 Å². The first-order chi connectivity index (χ1) is 8.40. The molecule has 0 spiro atoms. The van der Waals surface area contributed by atoms with Crippen molar-refractivity contribution < 1.29 is 9.59 Å². The van der Waals surface area contributed by atoms with Crippen LogP contribution in [-0.4, -0.2) is 18.0 Å². The number of hydrogen-bond donors (Lipinski definition) is 3. The number of anilines is 1. The van der Waals surface area contributed by atoms with Gasteiger partial charge in [-0.2, -0.15) is 0 Å². The average molecular weight is 361 g/mol. The Morgan fingerprint density at radius 2 is 1.78 bits per heavy atom. The fourth-order valence-electron chi connectivity index (χ4n) is 1.44. The van der Waals surface area contributed by atoms with E-state index in [1.165, 1.54) is 0 Å². The molecule has 98 valence electrons. The maximum atomic E-state index is 12.0. The first-order valence-electron chi connectivity index (χ1n) is 5.52. The summed E-state index contributed by atoms with van der Waals surface area (Å²) in [5.74, 6) is -0.314. The molecule has 6 heteroatoms. The van der Waals surface area contributed by atoms with E-state index in [-0.39, 0.29) is 11.8 Å². The number of carbonyl (C=O) groups excluding carboxylic acids is 2. The van der Waals surface area contributed by atoms with Crippen molar-refractivity contribution in [1.82, 2.24) is 5.32 Å². The van der Waals surface area contributed by atoms with Crippen LogP contribution in [0, 0.1) is 9.49 Å². The van der Waals surface area contributed by atoms with Crippen molar-refractivity contribution in [1.29, 1.82) is 0 Å². The van der Waals surface area contributed by atoms with Gasteiger partial charge in [0.1, 0.15) is 6.04 Å². The second-order valence-corrected chi connectivity index (χ2v) is 5.47. The molecule has 3 amide bonds. The van der Waals surface area contributed by atoms with Crippen LogP contribution in [0.15, 0.2) is 24.3 Å². The third kappa shape index (κ3) is 4.52. The predicted octanol–water partition coefficient (Wildman–Crippen LogP) is 1.92. The third-order valence-electron chi connectivity index (χ3n) is 2.36. The van der Waals surface area contributed by atoms with E-state index in [1.54, 1.807) is 12.1 Å². The minimum Gasteiger partial charge on any atom is -0.352 e. The fourth-order valence-corrected chi connectivity index (χ4v) is 1.80. The van der Waals surface area contributed by atoms with Crippen molar-refractivity contribution in [2.45, 2.75) is 19.9 Å². The van der Waals surface area contributed by atoms with E-state index in [0.29, 0.717) is 5.69 Å². The number of amides is 3. The van der Waals surface area contributed by atoms with Gasteiger partial charge in [0, 0.05) is 9.26 Å². The lowest BCUT2D eigenvalue weighted by Gasteiger charge is -2.20. The summed E-state index contributed by atoms with van der Waals surface area (Å²) in [6.45, 7) is 3.68. The van der Waals surface area contributed by atoms with Crippen LogP contribution in [0.4, 0.5) is 10.5 Å². The van der Waals surface area contributed by atoms with Gasteiger partial charge in [0.15, 0.2) is 0 Å². The van der Waals surface area contributed by atoms with E-state index in [1.807, 2.05) is 26.0 Å². The van der Waals surface area contributed by atoms with E-state index >= 15 is 0 Å². The minimum absolute atomic E-state index is 0.0404. The van der Waals surface area contributed by atoms with Gasteiger partial charge in [-0.05, 0) is 52.8 Å². The highest BCUT2D eigenvalue weighted by atomic mass is 127. The van der Waals surface area contributed by atoms with Crippen LogP contribution < -0.4 is 16.4 Å². The Kier molecular flexibility index (Phi) is 5.39. The summed E-state index contributed by atoms with van der Waals surface area (Å²) in [7, 11) is 0. The SMILES string of the molecule is CC(C)[C@H](NC(N)=O)C(=O)Nc1ccc(I)cc1. The zero-order valence-electron chi connectivity index (χ0n) is 10.2. The molecule has 0 saturated heterocycles. The predicted molar refractivity (Wildman–Crippen MR) is 79.1 cm³/mol. The van der Waals surface area contributed by atoms with E-state index < -0.39 is 12.1 Å². The highest BCUT2D eigenvalue weighted by molar-refractivity contribution is 14.1. The molecule has 0 aromatic heterocycles. The van der Waals surface area contributed by atoms with Crippen LogP contribution in [0.1, 0.15) is 13.8 Å². The summed E-state index contributed by atoms with van der Waals surface area (Å²) in [5.41, 5.74) is 5.74. The van der Waals surface area contributed by atoms with Crippen LogP contribution in [0.5, 0.6) is 0 Å². The summed E-state index contributed by atoms with van der Waals surface area (Å²) < 4.78 is 1.08. The molecule has 0 saturated carbocycles. The summed E-state index contributed by atoms with van der Waals surface area (Å²) in [4.78, 5) is 22.8. The van der Waals surface area contributed by atoms with Crippen LogP contribution in [0.3, 0.4) is 0 Å². The van der Waals surface area contributed by atoms with Gasteiger partial charge >= 0.3 is 6.03 Å². The topological polar surface area (TPSA) is 84.2 Å². The Labute approximate surface area is 120 Å². The number of hydrogen-bond acceptors (Lipinski definition) is 2. The zero-order valence-corrected chi connectivity index (χ0v) is 12.4. The lowest BCUT2D eigenvalue weighted by molar-refractivity contribution is -0.118. The number of urea groups is 1. The minimum atomic E-state index is -0.702. The van der Waals surface area contributed by atoms with Gasteiger partial charge in [-0.1, -0.05) is 13.8 Å². The van der Waals surface area contributed by atoms with Crippen molar-refractivity contribution in [2.24, 2.45) is 11.7 Å². The molecule has 1 aromatic carbocycles. The van der Waals surface area contributed by atoms with Gasteiger partial charge in [-0.25, -0.2) is 4.79 Å². The van der Waals surface area contributed by atoms with Crippen molar-refractivity contribution in [3.8, 4) is 0 Å². The number of nitrogens with two attached hydrogens (primary N) is 1. The number of primary amides is 1. The summed E-state index contributed by atoms with van der Waals surface area (Å²) in [5, 5.41) is 5.18. The molecule has 1 atom stereocenters. The molecule has 0 radical (unpaired) electrons. The molecule has 0 aliphatic rings. The lowest BCUT2D eigenvalue weighted by atomic mass is 10.0. The largest absolute Gasteiger partial charge is 0.352 e. The number of halogens is 1. The molecule has 1 rings (SSSR count). The van der Waals surface area contributed by atoms with E-state index in [0.717, 1.165) is 3.57 Å². The lowest BCUT2D eigenvalue weighted by Crippen LogP contribution is -2.49. The first kappa shape index (κ1) is 14.7. The Morgan fingerprint density at radius 1 is 1.22 bits per heavy atom.